The highest BCUT2D eigenvalue weighted by Gasteiger charge is 2.30. The molecule has 2 aromatic rings. The fourth-order valence-electron chi connectivity index (χ4n) is 1.95. The molecule has 0 spiro atoms. The predicted molar refractivity (Wildman–Crippen MR) is 70.9 cm³/mol. The maximum atomic E-state index is 14.0. The van der Waals surface area contributed by atoms with Crippen LogP contribution in [-0.2, 0) is 6.18 Å². The zero-order chi connectivity index (χ0) is 15.6. The molecular weight excluding hydrogens is 282 g/mol. The van der Waals surface area contributed by atoms with Crippen molar-refractivity contribution in [1.82, 2.24) is 0 Å². The second kappa shape index (κ2) is 5.57. The molecule has 0 aliphatic carbocycles. The molecule has 5 heteroatoms. The number of hydrogen-bond acceptors (Lipinski definition) is 1. The fourth-order valence-corrected chi connectivity index (χ4v) is 1.95. The van der Waals surface area contributed by atoms with E-state index in [1.807, 2.05) is 6.07 Å². The first-order chi connectivity index (χ1) is 9.82. The normalized spacial score (nSPS) is 12.8. The molecule has 0 amide bonds. The summed E-state index contributed by atoms with van der Waals surface area (Å²) >= 11 is 0. The van der Waals surface area contributed by atoms with Crippen molar-refractivity contribution < 1.29 is 17.6 Å². The molecule has 0 saturated heterocycles. The van der Waals surface area contributed by atoms with Gasteiger partial charge in [0.15, 0.2) is 0 Å². The Hall–Kier alpha value is -2.35. The van der Waals surface area contributed by atoms with Crippen molar-refractivity contribution >= 4 is 0 Å². The van der Waals surface area contributed by atoms with Gasteiger partial charge < -0.3 is 0 Å². The third-order valence-electron chi connectivity index (χ3n) is 3.21. The molecule has 1 atom stereocenters. The summed E-state index contributed by atoms with van der Waals surface area (Å²) in [6, 6.07) is 10.6. The number of alkyl halides is 3. The molecule has 2 rings (SSSR count). The first-order valence-electron chi connectivity index (χ1n) is 6.19. The molecule has 0 N–H and O–H groups in total. The topological polar surface area (TPSA) is 23.8 Å². The van der Waals surface area contributed by atoms with E-state index in [1.165, 1.54) is 24.3 Å². The maximum absolute atomic E-state index is 14.0. The van der Waals surface area contributed by atoms with Gasteiger partial charge >= 0.3 is 6.18 Å². The lowest BCUT2D eigenvalue weighted by molar-refractivity contribution is -0.137. The van der Waals surface area contributed by atoms with E-state index >= 15 is 0 Å². The molecule has 0 aromatic heterocycles. The average molecular weight is 293 g/mol. The number of nitriles is 1. The quantitative estimate of drug-likeness (QED) is 0.703. The summed E-state index contributed by atoms with van der Waals surface area (Å²) in [4.78, 5) is 0. The van der Waals surface area contributed by atoms with E-state index < -0.39 is 23.5 Å². The van der Waals surface area contributed by atoms with Gasteiger partial charge in [0, 0.05) is 5.56 Å². The Balaban J connectivity index is 2.37. The van der Waals surface area contributed by atoms with Crippen molar-refractivity contribution in [2.45, 2.75) is 19.0 Å². The van der Waals surface area contributed by atoms with E-state index in [4.69, 9.17) is 5.26 Å². The van der Waals surface area contributed by atoms with Crippen LogP contribution in [0, 0.1) is 17.1 Å². The van der Waals surface area contributed by atoms with Crippen LogP contribution in [0.1, 0.15) is 24.0 Å². The molecule has 108 valence electrons. The molecule has 0 aliphatic heterocycles. The van der Waals surface area contributed by atoms with Crippen LogP contribution >= 0.6 is 0 Å². The summed E-state index contributed by atoms with van der Waals surface area (Å²) in [7, 11) is 0. The summed E-state index contributed by atoms with van der Waals surface area (Å²) in [6.45, 7) is 1.65. The van der Waals surface area contributed by atoms with E-state index in [1.54, 1.807) is 13.0 Å². The Kier molecular flexibility index (Phi) is 3.99. The van der Waals surface area contributed by atoms with Crippen molar-refractivity contribution in [2.75, 3.05) is 0 Å². The van der Waals surface area contributed by atoms with Gasteiger partial charge in [-0.25, -0.2) is 4.39 Å². The van der Waals surface area contributed by atoms with Gasteiger partial charge in [-0.2, -0.15) is 18.4 Å². The first-order valence-corrected chi connectivity index (χ1v) is 6.19. The van der Waals surface area contributed by atoms with E-state index in [9.17, 15) is 17.6 Å². The van der Waals surface area contributed by atoms with Crippen LogP contribution < -0.4 is 0 Å². The van der Waals surface area contributed by atoms with E-state index in [0.29, 0.717) is 11.1 Å². The molecule has 1 unspecified atom stereocenters. The van der Waals surface area contributed by atoms with Crippen molar-refractivity contribution in [2.24, 2.45) is 0 Å². The Morgan fingerprint density at radius 2 is 1.67 bits per heavy atom. The number of hydrogen-bond donors (Lipinski definition) is 0. The van der Waals surface area contributed by atoms with E-state index in [0.717, 1.165) is 12.1 Å². The van der Waals surface area contributed by atoms with Crippen molar-refractivity contribution in [3.63, 3.8) is 0 Å². The zero-order valence-corrected chi connectivity index (χ0v) is 11.1. The van der Waals surface area contributed by atoms with Gasteiger partial charge in [0.1, 0.15) is 5.82 Å². The van der Waals surface area contributed by atoms with Gasteiger partial charge in [-0.05, 0) is 36.2 Å². The monoisotopic (exact) mass is 293 g/mol. The van der Waals surface area contributed by atoms with Crippen LogP contribution in [-0.4, -0.2) is 0 Å². The van der Waals surface area contributed by atoms with Crippen molar-refractivity contribution in [3.05, 3.63) is 59.4 Å². The largest absolute Gasteiger partial charge is 0.416 e. The Labute approximate surface area is 119 Å². The van der Waals surface area contributed by atoms with Crippen LogP contribution in [0.3, 0.4) is 0 Å². The Morgan fingerprint density at radius 3 is 2.14 bits per heavy atom. The van der Waals surface area contributed by atoms with E-state index in [2.05, 4.69) is 0 Å². The van der Waals surface area contributed by atoms with Crippen LogP contribution in [0.4, 0.5) is 17.6 Å². The lowest BCUT2D eigenvalue weighted by atomic mass is 9.97. The average Bonchev–Trinajstić information content (AvgIpc) is 2.45. The number of rotatable bonds is 2. The third kappa shape index (κ3) is 3.22. The third-order valence-corrected chi connectivity index (χ3v) is 3.21. The van der Waals surface area contributed by atoms with Gasteiger partial charge in [0.05, 0.1) is 17.6 Å². The standard InChI is InChI=1S/C16H11F4N/c1-10(9-21)12-4-7-14(15(17)8-12)11-2-5-13(6-3-11)16(18,19)20/h2-8,10H,1H3. The minimum atomic E-state index is -4.41. The van der Waals surface area contributed by atoms with Crippen molar-refractivity contribution in [1.29, 1.82) is 5.26 Å². The number of nitrogens with zero attached hydrogens (tertiary/aromatic N) is 1. The van der Waals surface area contributed by atoms with Gasteiger partial charge in [0.2, 0.25) is 0 Å². The molecule has 0 radical (unpaired) electrons. The van der Waals surface area contributed by atoms with Crippen LogP contribution in [0.2, 0.25) is 0 Å². The molecule has 2 aromatic carbocycles. The summed E-state index contributed by atoms with van der Waals surface area (Å²) < 4.78 is 51.5. The highest BCUT2D eigenvalue weighted by molar-refractivity contribution is 5.65. The maximum Gasteiger partial charge on any atom is 0.416 e. The summed E-state index contributed by atoms with van der Waals surface area (Å²) in [5, 5.41) is 8.79. The second-order valence-corrected chi connectivity index (χ2v) is 4.67. The summed E-state index contributed by atoms with van der Waals surface area (Å²) in [5.41, 5.74) is 0.321. The Morgan fingerprint density at radius 1 is 1.05 bits per heavy atom. The second-order valence-electron chi connectivity index (χ2n) is 4.67. The molecule has 21 heavy (non-hydrogen) atoms. The number of benzene rings is 2. The molecule has 0 bridgehead atoms. The minimum Gasteiger partial charge on any atom is -0.206 e. The smallest absolute Gasteiger partial charge is 0.206 e. The van der Waals surface area contributed by atoms with Gasteiger partial charge in [0.25, 0.3) is 0 Å². The van der Waals surface area contributed by atoms with Gasteiger partial charge in [-0.15, -0.1) is 0 Å². The molecule has 0 heterocycles. The minimum absolute atomic E-state index is 0.206. The number of halogens is 4. The fraction of sp³-hybridized carbons (Fsp3) is 0.188. The van der Waals surface area contributed by atoms with Crippen LogP contribution in [0.15, 0.2) is 42.5 Å². The Bertz CT molecular complexity index is 681. The first kappa shape index (κ1) is 15.0. The summed E-state index contributed by atoms with van der Waals surface area (Å²) in [6.07, 6.45) is -4.41. The van der Waals surface area contributed by atoms with Crippen LogP contribution in [0.25, 0.3) is 11.1 Å². The van der Waals surface area contributed by atoms with E-state index in [-0.39, 0.29) is 5.56 Å². The van der Waals surface area contributed by atoms with Crippen molar-refractivity contribution in [3.8, 4) is 17.2 Å². The SMILES string of the molecule is CC(C#N)c1ccc(-c2ccc(C(F)(F)F)cc2)c(F)c1. The summed E-state index contributed by atoms with van der Waals surface area (Å²) in [5.74, 6) is -1.00. The molecule has 0 fully saturated rings. The highest BCUT2D eigenvalue weighted by atomic mass is 19.4. The highest BCUT2D eigenvalue weighted by Crippen LogP contribution is 2.32. The molecule has 0 aliphatic rings. The van der Waals surface area contributed by atoms with Crippen LogP contribution in [0.5, 0.6) is 0 Å². The molecule has 0 saturated carbocycles. The zero-order valence-electron chi connectivity index (χ0n) is 11.1. The molecular formula is C16H11F4N. The van der Waals surface area contributed by atoms with Gasteiger partial charge in [-0.1, -0.05) is 24.3 Å². The lowest BCUT2D eigenvalue weighted by Crippen LogP contribution is -2.04. The lowest BCUT2D eigenvalue weighted by Gasteiger charge is -2.10. The molecule has 1 nitrogen and oxygen atoms in total. The predicted octanol–water partition coefficient (Wildman–Crippen LogP) is 5.14. The van der Waals surface area contributed by atoms with Gasteiger partial charge in [-0.3, -0.25) is 0 Å².